The zero-order valence-electron chi connectivity index (χ0n) is 15.4. The van der Waals surface area contributed by atoms with Gasteiger partial charge in [-0.1, -0.05) is 38.3 Å². The van der Waals surface area contributed by atoms with Crippen LogP contribution in [0.1, 0.15) is 63.0 Å². The van der Waals surface area contributed by atoms with Crippen LogP contribution in [0.25, 0.3) is 0 Å². The van der Waals surface area contributed by atoms with Gasteiger partial charge in [-0.3, -0.25) is 0 Å². The number of unbranched alkanes of at least 4 members (excludes halogenated alkanes) is 3. The quantitative estimate of drug-likeness (QED) is 0.551. The van der Waals surface area contributed by atoms with Crippen LogP contribution in [0.15, 0.2) is 18.2 Å². The molecule has 4 N–H and O–H groups in total. The molecule has 1 aliphatic rings. The van der Waals surface area contributed by atoms with E-state index in [1.807, 2.05) is 0 Å². The molecule has 1 unspecified atom stereocenters. The van der Waals surface area contributed by atoms with Gasteiger partial charge in [0.05, 0.1) is 24.9 Å². The minimum absolute atomic E-state index is 0. The Balaban J connectivity index is 0.00000312. The number of hydrogen-bond donors (Lipinski definition) is 3. The number of rotatable bonds is 10. The molecule has 0 fully saturated rings. The van der Waals surface area contributed by atoms with Crippen LogP contribution in [-0.2, 0) is 12.8 Å². The fourth-order valence-electron chi connectivity index (χ4n) is 3.26. The van der Waals surface area contributed by atoms with Crippen LogP contribution >= 0.6 is 12.4 Å². The third kappa shape index (κ3) is 6.78. The van der Waals surface area contributed by atoms with E-state index in [0.717, 1.165) is 31.4 Å². The summed E-state index contributed by atoms with van der Waals surface area (Å²) in [5.74, 6) is 1.02. The molecule has 1 aliphatic heterocycles. The predicted molar refractivity (Wildman–Crippen MR) is 105 cm³/mol. The largest absolute Gasteiger partial charge is 0.490 e. The number of aliphatic hydroxyl groups is 2. The first-order chi connectivity index (χ1) is 11.6. The number of hydrogen-bond acceptors (Lipinski definition) is 4. The molecule has 2 rings (SSSR count). The zero-order valence-corrected chi connectivity index (χ0v) is 16.2. The van der Waals surface area contributed by atoms with E-state index in [2.05, 4.69) is 25.1 Å². The van der Waals surface area contributed by atoms with Crippen LogP contribution in [0.3, 0.4) is 0 Å². The van der Waals surface area contributed by atoms with Crippen LogP contribution in [0, 0.1) is 0 Å². The molecule has 0 aromatic heterocycles. The number of ether oxygens (including phenoxy) is 1. The summed E-state index contributed by atoms with van der Waals surface area (Å²) < 4.78 is 6.15. The van der Waals surface area contributed by atoms with Gasteiger partial charge in [0.2, 0.25) is 0 Å². The molecule has 0 aliphatic carbocycles. The Kier molecular flexibility index (Phi) is 9.80. The minimum atomic E-state index is -0.893. The number of benzene rings is 1. The molecule has 144 valence electrons. The van der Waals surface area contributed by atoms with Gasteiger partial charge >= 0.3 is 0 Å². The van der Waals surface area contributed by atoms with Crippen LogP contribution in [0.4, 0.5) is 0 Å². The third-order valence-corrected chi connectivity index (χ3v) is 5.08. The van der Waals surface area contributed by atoms with Gasteiger partial charge in [-0.2, -0.15) is 0 Å². The van der Waals surface area contributed by atoms with Gasteiger partial charge in [0, 0.05) is 0 Å². The Hall–Kier alpha value is -0.810. The smallest absolute Gasteiger partial charge is 0.122 e. The monoisotopic (exact) mass is 371 g/mol. The Morgan fingerprint density at radius 1 is 1.20 bits per heavy atom. The van der Waals surface area contributed by atoms with Crippen LogP contribution in [0.5, 0.6) is 5.75 Å². The van der Waals surface area contributed by atoms with Gasteiger partial charge < -0.3 is 20.7 Å². The van der Waals surface area contributed by atoms with Crippen molar-refractivity contribution >= 4 is 12.4 Å². The summed E-state index contributed by atoms with van der Waals surface area (Å²) in [6.07, 6.45) is 10.2. The number of fused-ring (bicyclic) bond motifs is 1. The molecule has 1 aromatic carbocycles. The number of nitrogens with two attached hydrogens (primary N) is 1. The number of aryl methyl sites for hydroxylation is 2. The second-order valence-corrected chi connectivity index (χ2v) is 7.25. The molecule has 4 nitrogen and oxygen atoms in total. The summed E-state index contributed by atoms with van der Waals surface area (Å²) in [4.78, 5) is 0. The SMILES string of the molecule is CCCCCCC1CCc2cc(CCC(N)(CO)CO)ccc2O1.Cl. The summed E-state index contributed by atoms with van der Waals surface area (Å²) in [7, 11) is 0. The van der Waals surface area contributed by atoms with E-state index in [-0.39, 0.29) is 25.6 Å². The van der Waals surface area contributed by atoms with Crippen LogP contribution in [-0.4, -0.2) is 35.1 Å². The predicted octanol–water partition coefficient (Wildman–Crippen LogP) is 3.39. The standard InChI is InChI=1S/C20H33NO3.ClH/c1-2-3-4-5-6-18-9-8-17-13-16(7-10-19(17)24-18)11-12-20(21,14-22)15-23;/h7,10,13,18,22-23H,2-6,8-9,11-12,14-15,21H2,1H3;1H. The van der Waals surface area contributed by atoms with Crippen molar-refractivity contribution in [3.05, 3.63) is 29.3 Å². The molecule has 1 aromatic rings. The average Bonchev–Trinajstić information content (AvgIpc) is 2.63. The normalized spacial score (nSPS) is 16.7. The second-order valence-electron chi connectivity index (χ2n) is 7.25. The van der Waals surface area contributed by atoms with Crippen molar-refractivity contribution in [2.45, 2.75) is 76.4 Å². The summed E-state index contributed by atoms with van der Waals surface area (Å²) in [5.41, 5.74) is 7.51. The van der Waals surface area contributed by atoms with E-state index in [4.69, 9.17) is 10.5 Å². The summed E-state index contributed by atoms with van der Waals surface area (Å²) in [5, 5.41) is 18.6. The molecule has 0 amide bonds. The van der Waals surface area contributed by atoms with Crippen molar-refractivity contribution in [2.24, 2.45) is 5.73 Å². The van der Waals surface area contributed by atoms with Crippen molar-refractivity contribution < 1.29 is 14.9 Å². The lowest BCUT2D eigenvalue weighted by Crippen LogP contribution is -2.47. The lowest BCUT2D eigenvalue weighted by molar-refractivity contribution is 0.115. The van der Waals surface area contributed by atoms with Crippen LogP contribution in [0.2, 0.25) is 0 Å². The first-order valence-electron chi connectivity index (χ1n) is 9.39. The number of halogens is 1. The molecule has 0 spiro atoms. The maximum Gasteiger partial charge on any atom is 0.122 e. The van der Waals surface area contributed by atoms with Gasteiger partial charge in [0.1, 0.15) is 5.75 Å². The second kappa shape index (κ2) is 11.0. The van der Waals surface area contributed by atoms with Gasteiger partial charge in [0.25, 0.3) is 0 Å². The molecular weight excluding hydrogens is 338 g/mol. The Labute approximate surface area is 158 Å². The molecule has 1 heterocycles. The first-order valence-corrected chi connectivity index (χ1v) is 9.39. The first kappa shape index (κ1) is 22.2. The molecule has 0 saturated heterocycles. The van der Waals surface area contributed by atoms with E-state index < -0.39 is 5.54 Å². The van der Waals surface area contributed by atoms with Crippen molar-refractivity contribution in [3.63, 3.8) is 0 Å². The fraction of sp³-hybridized carbons (Fsp3) is 0.700. The minimum Gasteiger partial charge on any atom is -0.490 e. The van der Waals surface area contributed by atoms with Crippen molar-refractivity contribution in [1.29, 1.82) is 0 Å². The molecule has 0 bridgehead atoms. The summed E-state index contributed by atoms with van der Waals surface area (Å²) in [6.45, 7) is 1.84. The number of aliphatic hydroxyl groups excluding tert-OH is 2. The highest BCUT2D eigenvalue weighted by Gasteiger charge is 2.23. The van der Waals surface area contributed by atoms with E-state index in [1.54, 1.807) is 0 Å². The van der Waals surface area contributed by atoms with E-state index >= 15 is 0 Å². The Morgan fingerprint density at radius 2 is 1.96 bits per heavy atom. The molecule has 0 saturated carbocycles. The lowest BCUT2D eigenvalue weighted by atomic mass is 9.92. The maximum absolute atomic E-state index is 9.28. The van der Waals surface area contributed by atoms with Gasteiger partial charge in [-0.25, -0.2) is 0 Å². The third-order valence-electron chi connectivity index (χ3n) is 5.08. The highest BCUT2D eigenvalue weighted by molar-refractivity contribution is 5.85. The van der Waals surface area contributed by atoms with Gasteiger partial charge in [0.15, 0.2) is 0 Å². The van der Waals surface area contributed by atoms with Crippen LogP contribution < -0.4 is 10.5 Å². The summed E-state index contributed by atoms with van der Waals surface area (Å²) >= 11 is 0. The van der Waals surface area contributed by atoms with Gasteiger partial charge in [-0.15, -0.1) is 12.4 Å². The maximum atomic E-state index is 9.28. The molecule has 25 heavy (non-hydrogen) atoms. The lowest BCUT2D eigenvalue weighted by Gasteiger charge is -2.27. The molecule has 1 atom stereocenters. The van der Waals surface area contributed by atoms with Crippen molar-refractivity contribution in [3.8, 4) is 5.75 Å². The fourth-order valence-corrected chi connectivity index (χ4v) is 3.26. The molecule has 0 radical (unpaired) electrons. The van der Waals surface area contributed by atoms with E-state index in [0.29, 0.717) is 12.5 Å². The van der Waals surface area contributed by atoms with E-state index in [1.165, 1.54) is 36.8 Å². The van der Waals surface area contributed by atoms with Crippen molar-refractivity contribution in [2.75, 3.05) is 13.2 Å². The van der Waals surface area contributed by atoms with E-state index in [9.17, 15) is 10.2 Å². The highest BCUT2D eigenvalue weighted by atomic mass is 35.5. The Bertz CT molecular complexity index is 506. The van der Waals surface area contributed by atoms with Gasteiger partial charge in [-0.05, 0) is 55.7 Å². The average molecular weight is 372 g/mol. The highest BCUT2D eigenvalue weighted by Crippen LogP contribution is 2.31. The molecule has 5 heteroatoms. The topological polar surface area (TPSA) is 75.7 Å². The zero-order chi connectivity index (χ0) is 17.4. The molecular formula is C20H34ClNO3. The summed E-state index contributed by atoms with van der Waals surface area (Å²) in [6, 6.07) is 6.34. The van der Waals surface area contributed by atoms with Crippen molar-refractivity contribution in [1.82, 2.24) is 0 Å². The Morgan fingerprint density at radius 3 is 2.64 bits per heavy atom.